The summed E-state index contributed by atoms with van der Waals surface area (Å²) in [5.74, 6) is 1.33. The van der Waals surface area contributed by atoms with E-state index >= 15 is 0 Å². The summed E-state index contributed by atoms with van der Waals surface area (Å²) in [6.45, 7) is 2.78. The molecule has 5 heteroatoms. The first kappa shape index (κ1) is 11.4. The highest BCUT2D eigenvalue weighted by atomic mass is 16.5. The fourth-order valence-corrected chi connectivity index (χ4v) is 1.95. The molecular formula is C13H16N4O. The van der Waals surface area contributed by atoms with E-state index in [0.717, 1.165) is 18.7 Å². The lowest BCUT2D eigenvalue weighted by Gasteiger charge is -2.34. The molecule has 0 radical (unpaired) electrons. The Kier molecular flexibility index (Phi) is 3.08. The molecule has 1 aromatic heterocycles. The zero-order valence-corrected chi connectivity index (χ0v) is 10.3. The van der Waals surface area contributed by atoms with Gasteiger partial charge in [-0.3, -0.25) is 4.90 Å². The summed E-state index contributed by atoms with van der Waals surface area (Å²) in [6, 6.07) is 10.5. The van der Waals surface area contributed by atoms with Crippen molar-refractivity contribution in [3.05, 3.63) is 36.2 Å². The molecule has 1 aromatic carbocycles. The smallest absolute Gasteiger partial charge is 0.241 e. The van der Waals surface area contributed by atoms with Crippen molar-refractivity contribution in [3.63, 3.8) is 0 Å². The Labute approximate surface area is 106 Å². The molecule has 1 fully saturated rings. The average Bonchev–Trinajstić information content (AvgIpc) is 2.76. The molecule has 0 saturated carbocycles. The van der Waals surface area contributed by atoms with Crippen LogP contribution in [-0.4, -0.2) is 41.2 Å². The van der Waals surface area contributed by atoms with Gasteiger partial charge in [0, 0.05) is 24.7 Å². The zero-order valence-electron chi connectivity index (χ0n) is 10.3. The molecule has 1 saturated heterocycles. The van der Waals surface area contributed by atoms with E-state index in [1.54, 1.807) is 0 Å². The highest BCUT2D eigenvalue weighted by molar-refractivity contribution is 5.53. The third kappa shape index (κ3) is 2.27. The third-order valence-electron chi connectivity index (χ3n) is 3.27. The van der Waals surface area contributed by atoms with Gasteiger partial charge >= 0.3 is 0 Å². The predicted molar refractivity (Wildman–Crippen MR) is 67.9 cm³/mol. The lowest BCUT2D eigenvalue weighted by molar-refractivity contribution is 0.155. The monoisotopic (exact) mass is 244 g/mol. The number of aromatic nitrogens is 2. The molecule has 0 bridgehead atoms. The first-order valence-electron chi connectivity index (χ1n) is 6.12. The van der Waals surface area contributed by atoms with Gasteiger partial charge in [-0.05, 0) is 7.05 Å². The van der Waals surface area contributed by atoms with E-state index in [1.807, 2.05) is 30.3 Å². The van der Waals surface area contributed by atoms with Crippen LogP contribution in [0.1, 0.15) is 5.89 Å². The van der Waals surface area contributed by atoms with E-state index in [4.69, 9.17) is 4.52 Å². The van der Waals surface area contributed by atoms with Gasteiger partial charge in [0.05, 0.1) is 6.54 Å². The van der Waals surface area contributed by atoms with E-state index in [1.165, 1.54) is 0 Å². The molecule has 2 aromatic rings. The molecule has 3 rings (SSSR count). The molecule has 1 aliphatic heterocycles. The summed E-state index contributed by atoms with van der Waals surface area (Å²) in [6.07, 6.45) is 0. The highest BCUT2D eigenvalue weighted by Crippen LogP contribution is 2.16. The Morgan fingerprint density at radius 1 is 1.33 bits per heavy atom. The molecule has 0 spiro atoms. The number of nitrogens with zero attached hydrogens (tertiary/aromatic N) is 3. The van der Waals surface area contributed by atoms with Crippen LogP contribution in [0.25, 0.3) is 11.4 Å². The largest absolute Gasteiger partial charge is 0.338 e. The van der Waals surface area contributed by atoms with Crippen LogP contribution >= 0.6 is 0 Å². The fraction of sp³-hybridized carbons (Fsp3) is 0.385. The standard InChI is InChI=1S/C13H16N4O/c1-17(11-7-14-8-11)9-12-15-13(16-18-12)10-5-3-2-4-6-10/h2-6,11,14H,7-9H2,1H3. The summed E-state index contributed by atoms with van der Waals surface area (Å²) >= 11 is 0. The van der Waals surface area contributed by atoms with Gasteiger partial charge in [-0.1, -0.05) is 35.5 Å². The minimum absolute atomic E-state index is 0.581. The third-order valence-corrected chi connectivity index (χ3v) is 3.27. The van der Waals surface area contributed by atoms with Gasteiger partial charge < -0.3 is 9.84 Å². The van der Waals surface area contributed by atoms with Gasteiger partial charge in [-0.2, -0.15) is 4.98 Å². The lowest BCUT2D eigenvalue weighted by Crippen LogP contribution is -2.55. The molecule has 94 valence electrons. The van der Waals surface area contributed by atoms with E-state index in [2.05, 4.69) is 27.4 Å². The van der Waals surface area contributed by atoms with E-state index < -0.39 is 0 Å². The second-order valence-corrected chi connectivity index (χ2v) is 4.60. The molecule has 0 amide bonds. The van der Waals surface area contributed by atoms with Gasteiger partial charge in [0.1, 0.15) is 0 Å². The minimum atomic E-state index is 0.581. The molecule has 0 unspecified atom stereocenters. The Bertz CT molecular complexity index is 507. The molecule has 0 aliphatic carbocycles. The Hall–Kier alpha value is -1.72. The van der Waals surface area contributed by atoms with E-state index in [0.29, 0.717) is 24.3 Å². The quantitative estimate of drug-likeness (QED) is 0.874. The lowest BCUT2D eigenvalue weighted by atomic mass is 10.1. The summed E-state index contributed by atoms with van der Waals surface area (Å²) in [4.78, 5) is 6.66. The Morgan fingerprint density at radius 3 is 2.78 bits per heavy atom. The van der Waals surface area contributed by atoms with Crippen LogP contribution in [0.4, 0.5) is 0 Å². The molecule has 0 atom stereocenters. The van der Waals surface area contributed by atoms with Gasteiger partial charge in [0.15, 0.2) is 0 Å². The van der Waals surface area contributed by atoms with Crippen molar-refractivity contribution in [2.24, 2.45) is 0 Å². The average molecular weight is 244 g/mol. The number of benzene rings is 1. The number of rotatable bonds is 4. The maximum Gasteiger partial charge on any atom is 0.241 e. The summed E-state index contributed by atoms with van der Waals surface area (Å²) in [5.41, 5.74) is 0.987. The Balaban J connectivity index is 1.69. The fourth-order valence-electron chi connectivity index (χ4n) is 1.95. The maximum atomic E-state index is 5.29. The van der Waals surface area contributed by atoms with Crippen LogP contribution in [0.15, 0.2) is 34.9 Å². The van der Waals surface area contributed by atoms with Crippen molar-refractivity contribution in [3.8, 4) is 11.4 Å². The van der Waals surface area contributed by atoms with Crippen LogP contribution in [0, 0.1) is 0 Å². The number of hydrogen-bond acceptors (Lipinski definition) is 5. The van der Waals surface area contributed by atoms with Gasteiger partial charge in [-0.25, -0.2) is 0 Å². The molecule has 1 aliphatic rings. The highest BCUT2D eigenvalue weighted by Gasteiger charge is 2.23. The molecule has 1 N–H and O–H groups in total. The normalized spacial score (nSPS) is 15.9. The molecule has 5 nitrogen and oxygen atoms in total. The van der Waals surface area contributed by atoms with Gasteiger partial charge in [0.2, 0.25) is 11.7 Å². The van der Waals surface area contributed by atoms with Crippen molar-refractivity contribution >= 4 is 0 Å². The van der Waals surface area contributed by atoms with Crippen LogP contribution < -0.4 is 5.32 Å². The number of nitrogens with one attached hydrogen (secondary N) is 1. The van der Waals surface area contributed by atoms with E-state index in [-0.39, 0.29) is 0 Å². The van der Waals surface area contributed by atoms with Crippen LogP contribution in [-0.2, 0) is 6.54 Å². The van der Waals surface area contributed by atoms with Crippen molar-refractivity contribution in [1.29, 1.82) is 0 Å². The van der Waals surface area contributed by atoms with Crippen LogP contribution in [0.3, 0.4) is 0 Å². The SMILES string of the molecule is CN(Cc1nc(-c2ccccc2)no1)C1CNC1. The Morgan fingerprint density at radius 2 is 2.11 bits per heavy atom. The first-order chi connectivity index (χ1) is 8.83. The number of hydrogen-bond donors (Lipinski definition) is 1. The maximum absolute atomic E-state index is 5.29. The van der Waals surface area contributed by atoms with Crippen molar-refractivity contribution in [2.75, 3.05) is 20.1 Å². The van der Waals surface area contributed by atoms with Gasteiger partial charge in [0.25, 0.3) is 0 Å². The summed E-state index contributed by atoms with van der Waals surface area (Å²) in [5, 5.41) is 7.26. The minimum Gasteiger partial charge on any atom is -0.338 e. The second kappa shape index (κ2) is 4.88. The van der Waals surface area contributed by atoms with Crippen molar-refractivity contribution in [1.82, 2.24) is 20.4 Å². The second-order valence-electron chi connectivity index (χ2n) is 4.60. The predicted octanol–water partition coefficient (Wildman–Crippen LogP) is 1.14. The van der Waals surface area contributed by atoms with Crippen LogP contribution in [0.2, 0.25) is 0 Å². The zero-order chi connectivity index (χ0) is 12.4. The van der Waals surface area contributed by atoms with E-state index in [9.17, 15) is 0 Å². The molecule has 18 heavy (non-hydrogen) atoms. The number of likely N-dealkylation sites (N-methyl/N-ethyl adjacent to an activating group) is 1. The van der Waals surface area contributed by atoms with Crippen molar-refractivity contribution in [2.45, 2.75) is 12.6 Å². The topological polar surface area (TPSA) is 54.2 Å². The molecule has 2 heterocycles. The summed E-state index contributed by atoms with van der Waals surface area (Å²) < 4.78 is 5.29. The summed E-state index contributed by atoms with van der Waals surface area (Å²) in [7, 11) is 2.08. The van der Waals surface area contributed by atoms with Crippen molar-refractivity contribution < 1.29 is 4.52 Å². The van der Waals surface area contributed by atoms with Crippen LogP contribution in [0.5, 0.6) is 0 Å². The molecular weight excluding hydrogens is 228 g/mol. The van der Waals surface area contributed by atoms with Gasteiger partial charge in [-0.15, -0.1) is 0 Å². The first-order valence-corrected chi connectivity index (χ1v) is 6.12.